The van der Waals surface area contributed by atoms with Crippen molar-refractivity contribution in [3.8, 4) is 5.75 Å². The van der Waals surface area contributed by atoms with E-state index in [2.05, 4.69) is 15.8 Å². The summed E-state index contributed by atoms with van der Waals surface area (Å²) in [7, 11) is -2.25. The van der Waals surface area contributed by atoms with Gasteiger partial charge in [-0.1, -0.05) is 5.16 Å². The van der Waals surface area contributed by atoms with E-state index in [0.29, 0.717) is 5.76 Å². The van der Waals surface area contributed by atoms with E-state index in [1.165, 1.54) is 38.3 Å². The van der Waals surface area contributed by atoms with E-state index in [1.807, 2.05) is 0 Å². The number of methoxy groups -OCH3 is 1. The van der Waals surface area contributed by atoms with Crippen LogP contribution >= 0.6 is 0 Å². The average Bonchev–Trinajstić information content (AvgIpc) is 2.98. The van der Waals surface area contributed by atoms with Crippen molar-refractivity contribution in [3.05, 3.63) is 35.6 Å². The van der Waals surface area contributed by atoms with Crippen LogP contribution in [0, 0.1) is 6.92 Å². The van der Waals surface area contributed by atoms with Crippen molar-refractivity contribution in [2.45, 2.75) is 24.8 Å². The van der Waals surface area contributed by atoms with Gasteiger partial charge < -0.3 is 19.9 Å². The Labute approximate surface area is 150 Å². The molecule has 1 atom stereocenters. The first-order chi connectivity index (χ1) is 12.1. The van der Waals surface area contributed by atoms with Crippen LogP contribution in [0.25, 0.3) is 0 Å². The molecule has 140 valence electrons. The Morgan fingerprint density at radius 2 is 1.96 bits per heavy atom. The van der Waals surface area contributed by atoms with Gasteiger partial charge in [-0.05, 0) is 32.0 Å². The van der Waals surface area contributed by atoms with Gasteiger partial charge in [0.2, 0.25) is 5.91 Å². The predicted octanol–water partition coefficient (Wildman–Crippen LogP) is 1.15. The number of hydrogen-bond acceptors (Lipinski definition) is 7. The molecule has 0 aliphatic heterocycles. The van der Waals surface area contributed by atoms with Gasteiger partial charge in [-0.3, -0.25) is 9.59 Å². The molecule has 9 nitrogen and oxygen atoms in total. The third-order valence-electron chi connectivity index (χ3n) is 3.45. The maximum atomic E-state index is 12.3. The lowest BCUT2D eigenvalue weighted by Crippen LogP contribution is -2.41. The van der Waals surface area contributed by atoms with Gasteiger partial charge in [-0.2, -0.15) is 0 Å². The maximum Gasteiger partial charge on any atom is 0.251 e. The van der Waals surface area contributed by atoms with Gasteiger partial charge >= 0.3 is 0 Å². The van der Waals surface area contributed by atoms with Gasteiger partial charge in [0.1, 0.15) is 22.4 Å². The molecule has 2 rings (SSSR count). The summed E-state index contributed by atoms with van der Waals surface area (Å²) < 4.78 is 33.5. The molecule has 2 aromatic rings. The minimum absolute atomic E-state index is 0.0863. The Bertz CT molecular complexity index is 935. The first-order valence-electron chi connectivity index (χ1n) is 7.55. The van der Waals surface area contributed by atoms with Gasteiger partial charge in [-0.15, -0.1) is 0 Å². The molecule has 2 amide bonds. The summed E-state index contributed by atoms with van der Waals surface area (Å²) in [4.78, 5) is 24.3. The van der Waals surface area contributed by atoms with Crippen LogP contribution in [0.3, 0.4) is 0 Å². The molecule has 0 saturated heterocycles. The summed E-state index contributed by atoms with van der Waals surface area (Å²) in [6, 6.07) is 4.65. The van der Waals surface area contributed by atoms with Crippen LogP contribution in [0.5, 0.6) is 5.75 Å². The van der Waals surface area contributed by atoms with E-state index >= 15 is 0 Å². The fourth-order valence-electron chi connectivity index (χ4n) is 2.11. The second-order valence-electron chi connectivity index (χ2n) is 5.65. The highest BCUT2D eigenvalue weighted by Gasteiger charge is 2.21. The summed E-state index contributed by atoms with van der Waals surface area (Å²) in [5, 5.41) is 8.63. The molecule has 0 fully saturated rings. The molecule has 1 heterocycles. The number of amides is 2. The second-order valence-corrected chi connectivity index (χ2v) is 7.63. The second kappa shape index (κ2) is 7.56. The van der Waals surface area contributed by atoms with Crippen molar-refractivity contribution in [1.82, 2.24) is 10.5 Å². The molecule has 0 saturated carbocycles. The molecule has 2 N–H and O–H groups in total. The maximum absolute atomic E-state index is 12.3. The summed E-state index contributed by atoms with van der Waals surface area (Å²) >= 11 is 0. The Hall–Kier alpha value is -2.88. The number of ether oxygens (including phenoxy) is 1. The van der Waals surface area contributed by atoms with Crippen LogP contribution in [0.1, 0.15) is 23.0 Å². The summed E-state index contributed by atoms with van der Waals surface area (Å²) in [5.74, 6) is -0.197. The SMILES string of the molecule is COc1ccc(C(=O)NC(C)C(=O)Nc2cc(C)on2)cc1S(C)(=O)=O. The average molecular weight is 381 g/mol. The topological polar surface area (TPSA) is 128 Å². The largest absolute Gasteiger partial charge is 0.495 e. The number of carbonyl (C=O) groups excluding carboxylic acids is 2. The number of sulfone groups is 1. The molecule has 0 radical (unpaired) electrons. The Balaban J connectivity index is 2.12. The minimum Gasteiger partial charge on any atom is -0.495 e. The molecule has 1 aromatic heterocycles. The van der Waals surface area contributed by atoms with E-state index in [0.717, 1.165) is 6.26 Å². The predicted molar refractivity (Wildman–Crippen MR) is 92.9 cm³/mol. The lowest BCUT2D eigenvalue weighted by atomic mass is 10.2. The molecule has 0 bridgehead atoms. The van der Waals surface area contributed by atoms with Crippen LogP contribution in [-0.2, 0) is 14.6 Å². The van der Waals surface area contributed by atoms with E-state index in [4.69, 9.17) is 9.26 Å². The standard InChI is InChI=1S/C16H19N3O6S/c1-9-7-14(19-25-9)18-15(20)10(2)17-16(21)11-5-6-12(24-3)13(8-11)26(4,22)23/h5-8,10H,1-4H3,(H,17,21)(H,18,19,20). The third kappa shape index (κ3) is 4.60. The summed E-state index contributed by atoms with van der Waals surface area (Å²) in [6.45, 7) is 3.16. The van der Waals surface area contributed by atoms with Crippen LogP contribution in [0.4, 0.5) is 5.82 Å². The van der Waals surface area contributed by atoms with Crippen molar-refractivity contribution in [3.63, 3.8) is 0 Å². The lowest BCUT2D eigenvalue weighted by molar-refractivity contribution is -0.117. The number of hydrogen-bond donors (Lipinski definition) is 2. The zero-order chi connectivity index (χ0) is 19.5. The Morgan fingerprint density at radius 1 is 1.27 bits per heavy atom. The lowest BCUT2D eigenvalue weighted by Gasteiger charge is -2.14. The normalized spacial score (nSPS) is 12.3. The molecule has 0 aliphatic rings. The molecule has 10 heteroatoms. The minimum atomic E-state index is -3.59. The van der Waals surface area contributed by atoms with Gasteiger partial charge in [-0.25, -0.2) is 8.42 Å². The molecular weight excluding hydrogens is 362 g/mol. The van der Waals surface area contributed by atoms with E-state index < -0.39 is 27.7 Å². The summed E-state index contributed by atoms with van der Waals surface area (Å²) in [6.07, 6.45) is 1.02. The number of aryl methyl sites for hydroxylation is 1. The quantitative estimate of drug-likeness (QED) is 0.768. The van der Waals surface area contributed by atoms with E-state index in [9.17, 15) is 18.0 Å². The first-order valence-corrected chi connectivity index (χ1v) is 9.44. The smallest absolute Gasteiger partial charge is 0.251 e. The zero-order valence-electron chi connectivity index (χ0n) is 14.7. The van der Waals surface area contributed by atoms with Gasteiger partial charge in [0.15, 0.2) is 15.7 Å². The fourth-order valence-corrected chi connectivity index (χ4v) is 2.97. The number of benzene rings is 1. The van der Waals surface area contributed by atoms with Crippen molar-refractivity contribution >= 4 is 27.5 Å². The molecule has 0 aliphatic carbocycles. The van der Waals surface area contributed by atoms with Gasteiger partial charge in [0.05, 0.1) is 7.11 Å². The number of nitrogens with zero attached hydrogens (tertiary/aromatic N) is 1. The highest BCUT2D eigenvalue weighted by Crippen LogP contribution is 2.24. The summed E-state index contributed by atoms with van der Waals surface area (Å²) in [5.41, 5.74) is 0.0863. The van der Waals surface area contributed by atoms with Crippen molar-refractivity contribution in [2.75, 3.05) is 18.7 Å². The number of anilines is 1. The van der Waals surface area contributed by atoms with Crippen LogP contribution in [0.15, 0.2) is 33.7 Å². The fraction of sp³-hybridized carbons (Fsp3) is 0.312. The number of aromatic nitrogens is 1. The highest BCUT2D eigenvalue weighted by atomic mass is 32.2. The Morgan fingerprint density at radius 3 is 2.50 bits per heavy atom. The first kappa shape index (κ1) is 19.4. The van der Waals surface area contributed by atoms with Gasteiger partial charge in [0, 0.05) is 17.9 Å². The van der Waals surface area contributed by atoms with E-state index in [1.54, 1.807) is 6.92 Å². The van der Waals surface area contributed by atoms with E-state index in [-0.39, 0.29) is 22.0 Å². The number of rotatable bonds is 6. The number of nitrogens with one attached hydrogen (secondary N) is 2. The molecular formula is C16H19N3O6S. The van der Waals surface area contributed by atoms with Gasteiger partial charge in [0.25, 0.3) is 5.91 Å². The van der Waals surface area contributed by atoms with Crippen LogP contribution in [-0.4, -0.2) is 44.8 Å². The van der Waals surface area contributed by atoms with Crippen molar-refractivity contribution < 1.29 is 27.3 Å². The molecule has 1 unspecified atom stereocenters. The monoisotopic (exact) mass is 381 g/mol. The molecule has 26 heavy (non-hydrogen) atoms. The Kier molecular flexibility index (Phi) is 5.66. The van der Waals surface area contributed by atoms with Crippen LogP contribution < -0.4 is 15.4 Å². The highest BCUT2D eigenvalue weighted by molar-refractivity contribution is 7.90. The van der Waals surface area contributed by atoms with Crippen LogP contribution in [0.2, 0.25) is 0 Å². The van der Waals surface area contributed by atoms with Crippen molar-refractivity contribution in [1.29, 1.82) is 0 Å². The molecule has 0 spiro atoms. The third-order valence-corrected chi connectivity index (χ3v) is 4.56. The van der Waals surface area contributed by atoms with Crippen molar-refractivity contribution in [2.24, 2.45) is 0 Å². The number of carbonyl (C=O) groups is 2. The molecule has 1 aromatic carbocycles. The zero-order valence-corrected chi connectivity index (χ0v) is 15.5.